The molecule has 0 aromatic heterocycles. The van der Waals surface area contributed by atoms with E-state index in [1.54, 1.807) is 24.3 Å². The summed E-state index contributed by atoms with van der Waals surface area (Å²) in [5.74, 6) is -0.401. The lowest BCUT2D eigenvalue weighted by molar-refractivity contribution is 0.0696. The van der Waals surface area contributed by atoms with Crippen LogP contribution in [0.4, 0.5) is 0 Å². The molecular formula is C12H13N3O3. The van der Waals surface area contributed by atoms with Crippen molar-refractivity contribution in [1.82, 2.24) is 0 Å². The maximum atomic E-state index is 11.0. The van der Waals surface area contributed by atoms with E-state index in [4.69, 9.17) is 15.4 Å². The summed E-state index contributed by atoms with van der Waals surface area (Å²) >= 11 is 0. The van der Waals surface area contributed by atoms with Gasteiger partial charge in [0.05, 0.1) is 12.7 Å². The van der Waals surface area contributed by atoms with Gasteiger partial charge in [-0.1, -0.05) is 17.3 Å². The lowest BCUT2D eigenvalue weighted by atomic mass is 10.1. The van der Waals surface area contributed by atoms with Crippen LogP contribution in [0.5, 0.6) is 5.75 Å². The number of hydrogen-bond donors (Lipinski definition) is 1. The normalized spacial score (nSPS) is 10.1. The fourth-order valence-corrected chi connectivity index (χ4v) is 1.39. The highest BCUT2D eigenvalue weighted by Gasteiger charge is 2.08. The number of nitrogens with zero attached hydrogens (tertiary/aromatic N) is 3. The van der Waals surface area contributed by atoms with Crippen molar-refractivity contribution in [1.29, 1.82) is 0 Å². The molecule has 0 unspecified atom stereocenters. The Bertz CT molecular complexity index is 505. The van der Waals surface area contributed by atoms with Gasteiger partial charge >= 0.3 is 5.97 Å². The SMILES string of the molecule is COc1ccc(C(=O)O)c(C=CCCN=[N+]=[N-])c1. The Morgan fingerprint density at radius 3 is 3.00 bits per heavy atom. The Balaban J connectivity index is 2.90. The van der Waals surface area contributed by atoms with Crippen molar-refractivity contribution in [2.24, 2.45) is 5.11 Å². The van der Waals surface area contributed by atoms with Crippen LogP contribution >= 0.6 is 0 Å². The van der Waals surface area contributed by atoms with Crippen LogP contribution in [-0.4, -0.2) is 24.7 Å². The molecule has 0 atom stereocenters. The first-order chi connectivity index (χ1) is 8.69. The molecule has 0 aliphatic heterocycles. The van der Waals surface area contributed by atoms with Gasteiger partial charge in [-0.3, -0.25) is 0 Å². The topological polar surface area (TPSA) is 95.3 Å². The number of methoxy groups -OCH3 is 1. The minimum atomic E-state index is -0.993. The van der Waals surface area contributed by atoms with Crippen molar-refractivity contribution in [2.45, 2.75) is 6.42 Å². The number of azide groups is 1. The summed E-state index contributed by atoms with van der Waals surface area (Å²) in [5.41, 5.74) is 8.87. The maximum Gasteiger partial charge on any atom is 0.336 e. The van der Waals surface area contributed by atoms with Gasteiger partial charge in [0.1, 0.15) is 5.75 Å². The number of aromatic carboxylic acids is 1. The van der Waals surface area contributed by atoms with Gasteiger partial charge in [-0.05, 0) is 35.7 Å². The highest BCUT2D eigenvalue weighted by molar-refractivity contribution is 5.92. The fraction of sp³-hybridized carbons (Fsp3) is 0.250. The van der Waals surface area contributed by atoms with Crippen LogP contribution in [0.2, 0.25) is 0 Å². The Kier molecular flexibility index (Phi) is 5.28. The van der Waals surface area contributed by atoms with Gasteiger partial charge in [0.2, 0.25) is 0 Å². The van der Waals surface area contributed by atoms with Crippen LogP contribution in [0.3, 0.4) is 0 Å². The summed E-state index contributed by atoms with van der Waals surface area (Å²) in [6.07, 6.45) is 4.00. The summed E-state index contributed by atoms with van der Waals surface area (Å²) in [7, 11) is 1.52. The molecule has 0 aliphatic rings. The molecule has 0 aliphatic carbocycles. The summed E-state index contributed by atoms with van der Waals surface area (Å²) in [6.45, 7) is 0.347. The second-order valence-electron chi connectivity index (χ2n) is 3.40. The molecule has 0 bridgehead atoms. The van der Waals surface area contributed by atoms with E-state index in [0.29, 0.717) is 24.3 Å². The van der Waals surface area contributed by atoms with Crippen molar-refractivity contribution in [3.05, 3.63) is 45.8 Å². The molecule has 1 aromatic rings. The van der Waals surface area contributed by atoms with Crippen molar-refractivity contribution in [3.8, 4) is 5.75 Å². The van der Waals surface area contributed by atoms with Crippen LogP contribution in [0.25, 0.3) is 16.5 Å². The molecule has 0 saturated carbocycles. The van der Waals surface area contributed by atoms with Crippen LogP contribution < -0.4 is 4.74 Å². The molecular weight excluding hydrogens is 234 g/mol. The van der Waals surface area contributed by atoms with Crippen molar-refractivity contribution in [3.63, 3.8) is 0 Å². The summed E-state index contributed by atoms with van der Waals surface area (Å²) in [6, 6.07) is 4.74. The molecule has 1 rings (SSSR count). The summed E-state index contributed by atoms with van der Waals surface area (Å²) < 4.78 is 5.04. The Labute approximate surface area is 104 Å². The lowest BCUT2D eigenvalue weighted by Gasteiger charge is -2.04. The Morgan fingerprint density at radius 1 is 1.61 bits per heavy atom. The number of carbonyl (C=O) groups is 1. The fourth-order valence-electron chi connectivity index (χ4n) is 1.39. The van der Waals surface area contributed by atoms with Crippen molar-refractivity contribution < 1.29 is 14.6 Å². The smallest absolute Gasteiger partial charge is 0.336 e. The van der Waals surface area contributed by atoms with Crippen LogP contribution in [0, 0.1) is 0 Å². The zero-order valence-corrected chi connectivity index (χ0v) is 9.91. The van der Waals surface area contributed by atoms with Crippen LogP contribution in [0.1, 0.15) is 22.3 Å². The Morgan fingerprint density at radius 2 is 2.39 bits per heavy atom. The number of hydrogen-bond acceptors (Lipinski definition) is 3. The molecule has 6 heteroatoms. The average molecular weight is 247 g/mol. The zero-order chi connectivity index (χ0) is 13.4. The average Bonchev–Trinajstić information content (AvgIpc) is 2.38. The van der Waals surface area contributed by atoms with Gasteiger partial charge in [-0.15, -0.1) is 0 Å². The monoisotopic (exact) mass is 247 g/mol. The predicted molar refractivity (Wildman–Crippen MR) is 67.6 cm³/mol. The summed E-state index contributed by atoms with van der Waals surface area (Å²) in [5, 5.41) is 12.4. The first kappa shape index (κ1) is 13.6. The van der Waals surface area contributed by atoms with E-state index in [-0.39, 0.29) is 5.56 Å². The minimum absolute atomic E-state index is 0.204. The number of rotatable bonds is 6. The van der Waals surface area contributed by atoms with E-state index < -0.39 is 5.97 Å². The van der Waals surface area contributed by atoms with Gasteiger partial charge in [-0.25, -0.2) is 4.79 Å². The highest BCUT2D eigenvalue weighted by Crippen LogP contribution is 2.19. The number of benzene rings is 1. The van der Waals surface area contributed by atoms with Crippen molar-refractivity contribution in [2.75, 3.05) is 13.7 Å². The first-order valence-corrected chi connectivity index (χ1v) is 5.27. The summed E-state index contributed by atoms with van der Waals surface area (Å²) in [4.78, 5) is 13.6. The largest absolute Gasteiger partial charge is 0.497 e. The first-order valence-electron chi connectivity index (χ1n) is 5.27. The third-order valence-electron chi connectivity index (χ3n) is 2.25. The van der Waals surface area contributed by atoms with Crippen LogP contribution in [-0.2, 0) is 0 Å². The molecule has 6 nitrogen and oxygen atoms in total. The van der Waals surface area contributed by atoms with E-state index in [1.807, 2.05) is 0 Å². The molecule has 1 aromatic carbocycles. The molecule has 0 fully saturated rings. The number of carboxylic acid groups (broad SMARTS) is 1. The lowest BCUT2D eigenvalue weighted by Crippen LogP contribution is -1.99. The van der Waals surface area contributed by atoms with E-state index in [0.717, 1.165) is 0 Å². The molecule has 0 radical (unpaired) electrons. The van der Waals surface area contributed by atoms with Gasteiger partial charge in [0.25, 0.3) is 0 Å². The molecule has 18 heavy (non-hydrogen) atoms. The number of carboxylic acids is 1. The minimum Gasteiger partial charge on any atom is -0.497 e. The zero-order valence-electron chi connectivity index (χ0n) is 9.91. The van der Waals surface area contributed by atoms with E-state index in [2.05, 4.69) is 10.0 Å². The molecule has 1 N–H and O–H groups in total. The Hall–Kier alpha value is -2.46. The van der Waals surface area contributed by atoms with Crippen molar-refractivity contribution >= 4 is 12.0 Å². The molecule has 0 heterocycles. The number of ether oxygens (including phenoxy) is 1. The third kappa shape index (κ3) is 3.84. The maximum absolute atomic E-state index is 11.0. The van der Waals surface area contributed by atoms with E-state index >= 15 is 0 Å². The van der Waals surface area contributed by atoms with Crippen LogP contribution in [0.15, 0.2) is 29.4 Å². The third-order valence-corrected chi connectivity index (χ3v) is 2.25. The standard InChI is InChI=1S/C12H13N3O3/c1-18-10-5-6-11(12(16)17)9(8-10)4-2-3-7-14-15-13/h2,4-6,8H,3,7H2,1H3,(H,16,17). The van der Waals surface area contributed by atoms with E-state index in [1.165, 1.54) is 13.2 Å². The quantitative estimate of drug-likeness (QED) is 0.362. The second-order valence-corrected chi connectivity index (χ2v) is 3.40. The highest BCUT2D eigenvalue weighted by atomic mass is 16.5. The second kappa shape index (κ2) is 6.98. The molecule has 0 amide bonds. The van der Waals surface area contributed by atoms with Gasteiger partial charge in [0, 0.05) is 11.5 Å². The molecule has 0 saturated heterocycles. The molecule has 94 valence electrons. The van der Waals surface area contributed by atoms with Gasteiger partial charge in [0.15, 0.2) is 0 Å². The predicted octanol–water partition coefficient (Wildman–Crippen LogP) is 3.11. The van der Waals surface area contributed by atoms with E-state index in [9.17, 15) is 4.79 Å². The van der Waals surface area contributed by atoms with Gasteiger partial charge < -0.3 is 9.84 Å². The molecule has 0 spiro atoms. The van der Waals surface area contributed by atoms with Gasteiger partial charge in [-0.2, -0.15) is 0 Å².